The highest BCUT2D eigenvalue weighted by molar-refractivity contribution is 6.02. The molecule has 20 heavy (non-hydrogen) atoms. The van der Waals surface area contributed by atoms with Crippen molar-refractivity contribution in [3.8, 4) is 0 Å². The lowest BCUT2D eigenvalue weighted by molar-refractivity contribution is -0.126. The SMILES string of the molecule is Cc1ccc(C)c(N2CCC(=O)NC(C3CC3)C2=O)c1. The van der Waals surface area contributed by atoms with E-state index in [9.17, 15) is 9.59 Å². The lowest BCUT2D eigenvalue weighted by atomic mass is 10.1. The molecule has 0 aromatic heterocycles. The molecule has 1 atom stereocenters. The summed E-state index contributed by atoms with van der Waals surface area (Å²) in [5.74, 6) is 0.368. The fourth-order valence-corrected chi connectivity index (χ4v) is 2.80. The molecule has 0 radical (unpaired) electrons. The summed E-state index contributed by atoms with van der Waals surface area (Å²) < 4.78 is 0. The van der Waals surface area contributed by atoms with Gasteiger partial charge in [-0.15, -0.1) is 0 Å². The Kier molecular flexibility index (Phi) is 3.24. The molecule has 1 aliphatic carbocycles. The fraction of sp³-hybridized carbons (Fsp3) is 0.500. The number of amides is 2. The van der Waals surface area contributed by atoms with E-state index in [4.69, 9.17) is 0 Å². The van der Waals surface area contributed by atoms with Crippen LogP contribution in [0.2, 0.25) is 0 Å². The molecule has 1 saturated heterocycles. The van der Waals surface area contributed by atoms with Gasteiger partial charge in [-0.05, 0) is 49.8 Å². The van der Waals surface area contributed by atoms with E-state index in [1.165, 1.54) is 0 Å². The van der Waals surface area contributed by atoms with E-state index < -0.39 is 0 Å². The summed E-state index contributed by atoms with van der Waals surface area (Å²) in [6, 6.07) is 5.78. The minimum absolute atomic E-state index is 0.0111. The Balaban J connectivity index is 1.96. The van der Waals surface area contributed by atoms with Gasteiger partial charge in [-0.2, -0.15) is 0 Å². The maximum atomic E-state index is 12.7. The number of aryl methyl sites for hydroxylation is 2. The normalized spacial score (nSPS) is 23.5. The summed E-state index contributed by atoms with van der Waals surface area (Å²) in [5, 5.41) is 2.89. The van der Waals surface area contributed by atoms with E-state index in [1.54, 1.807) is 4.90 Å². The second kappa shape index (κ2) is 4.93. The first-order valence-corrected chi connectivity index (χ1v) is 7.24. The van der Waals surface area contributed by atoms with Crippen LogP contribution in [0.4, 0.5) is 5.69 Å². The summed E-state index contributed by atoms with van der Waals surface area (Å²) in [6.45, 7) is 4.50. The van der Waals surface area contributed by atoms with E-state index in [2.05, 4.69) is 5.32 Å². The molecule has 2 amide bonds. The minimum atomic E-state index is -0.329. The molecule has 2 fully saturated rings. The zero-order chi connectivity index (χ0) is 14.3. The van der Waals surface area contributed by atoms with Crippen LogP contribution in [0.25, 0.3) is 0 Å². The Labute approximate surface area is 119 Å². The Morgan fingerprint density at radius 3 is 2.65 bits per heavy atom. The molecule has 0 spiro atoms. The molecule has 4 heteroatoms. The topological polar surface area (TPSA) is 49.4 Å². The number of nitrogens with one attached hydrogen (secondary N) is 1. The Bertz CT molecular complexity index is 564. The number of carbonyl (C=O) groups excluding carboxylic acids is 2. The minimum Gasteiger partial charge on any atom is -0.344 e. The molecule has 1 aromatic rings. The van der Waals surface area contributed by atoms with Gasteiger partial charge in [-0.3, -0.25) is 9.59 Å². The first-order chi connectivity index (χ1) is 9.56. The van der Waals surface area contributed by atoms with Crippen molar-refractivity contribution in [2.45, 2.75) is 39.2 Å². The van der Waals surface area contributed by atoms with Crippen LogP contribution in [0.5, 0.6) is 0 Å². The van der Waals surface area contributed by atoms with E-state index >= 15 is 0 Å². The molecule has 2 aliphatic rings. The van der Waals surface area contributed by atoms with Crippen molar-refractivity contribution in [1.29, 1.82) is 0 Å². The molecule has 1 saturated carbocycles. The third-order valence-electron chi connectivity index (χ3n) is 4.16. The van der Waals surface area contributed by atoms with Gasteiger partial charge >= 0.3 is 0 Å². The zero-order valence-electron chi connectivity index (χ0n) is 12.0. The van der Waals surface area contributed by atoms with Crippen LogP contribution in [0.1, 0.15) is 30.4 Å². The molecule has 1 N–H and O–H groups in total. The molecular weight excluding hydrogens is 252 g/mol. The molecule has 4 nitrogen and oxygen atoms in total. The third-order valence-corrected chi connectivity index (χ3v) is 4.16. The number of rotatable bonds is 2. The van der Waals surface area contributed by atoms with Gasteiger partial charge in [-0.25, -0.2) is 0 Å². The molecule has 0 bridgehead atoms. The predicted molar refractivity (Wildman–Crippen MR) is 77.5 cm³/mol. The van der Waals surface area contributed by atoms with Crippen molar-refractivity contribution < 1.29 is 9.59 Å². The molecule has 3 rings (SSSR count). The van der Waals surface area contributed by atoms with E-state index in [0.29, 0.717) is 18.9 Å². The van der Waals surface area contributed by atoms with E-state index in [-0.39, 0.29) is 17.9 Å². The first kappa shape index (κ1) is 13.2. The van der Waals surface area contributed by atoms with Crippen molar-refractivity contribution in [3.63, 3.8) is 0 Å². The average molecular weight is 272 g/mol. The van der Waals surface area contributed by atoms with Crippen molar-refractivity contribution in [2.24, 2.45) is 5.92 Å². The summed E-state index contributed by atoms with van der Waals surface area (Å²) >= 11 is 0. The largest absolute Gasteiger partial charge is 0.344 e. The third kappa shape index (κ3) is 2.42. The van der Waals surface area contributed by atoms with E-state index in [0.717, 1.165) is 29.7 Å². The van der Waals surface area contributed by atoms with Gasteiger partial charge in [0.15, 0.2) is 0 Å². The molecule has 1 unspecified atom stereocenters. The maximum absolute atomic E-state index is 12.7. The summed E-state index contributed by atoms with van der Waals surface area (Å²) in [5.41, 5.74) is 3.15. The molecule has 1 heterocycles. The van der Waals surface area contributed by atoms with Crippen LogP contribution in [0.15, 0.2) is 18.2 Å². The lowest BCUT2D eigenvalue weighted by Crippen LogP contribution is -2.46. The van der Waals surface area contributed by atoms with Crippen molar-refractivity contribution in [2.75, 3.05) is 11.4 Å². The quantitative estimate of drug-likeness (QED) is 0.894. The van der Waals surface area contributed by atoms with Gasteiger partial charge in [0.25, 0.3) is 0 Å². The van der Waals surface area contributed by atoms with Gasteiger partial charge in [0, 0.05) is 18.7 Å². The Morgan fingerprint density at radius 1 is 1.20 bits per heavy atom. The molecule has 1 aromatic carbocycles. The van der Waals surface area contributed by atoms with Crippen molar-refractivity contribution >= 4 is 17.5 Å². The number of hydrogen-bond acceptors (Lipinski definition) is 2. The highest BCUT2D eigenvalue weighted by Crippen LogP contribution is 2.35. The second-order valence-corrected chi connectivity index (χ2v) is 5.91. The van der Waals surface area contributed by atoms with Gasteiger partial charge in [0.2, 0.25) is 11.8 Å². The molecular formula is C16H20N2O2. The van der Waals surface area contributed by atoms with Crippen LogP contribution in [-0.2, 0) is 9.59 Å². The highest BCUT2D eigenvalue weighted by atomic mass is 16.2. The van der Waals surface area contributed by atoms with Crippen molar-refractivity contribution in [1.82, 2.24) is 5.32 Å². The monoisotopic (exact) mass is 272 g/mol. The standard InChI is InChI=1S/C16H20N2O2/c1-10-3-4-11(2)13(9-10)18-8-7-14(19)17-15(16(18)20)12-5-6-12/h3-4,9,12,15H,5-8H2,1-2H3,(H,17,19). The number of hydrogen-bond donors (Lipinski definition) is 1. The van der Waals surface area contributed by atoms with Crippen LogP contribution < -0.4 is 10.2 Å². The summed E-state index contributed by atoms with van der Waals surface area (Å²) in [7, 11) is 0. The number of carbonyl (C=O) groups is 2. The maximum Gasteiger partial charge on any atom is 0.249 e. The molecule has 106 valence electrons. The van der Waals surface area contributed by atoms with Gasteiger partial charge in [0.05, 0.1) is 0 Å². The van der Waals surface area contributed by atoms with Gasteiger partial charge < -0.3 is 10.2 Å². The smallest absolute Gasteiger partial charge is 0.249 e. The summed E-state index contributed by atoms with van der Waals surface area (Å²) in [6.07, 6.45) is 2.46. The predicted octanol–water partition coefficient (Wildman–Crippen LogP) is 1.93. The lowest BCUT2D eigenvalue weighted by Gasteiger charge is -2.26. The van der Waals surface area contributed by atoms with Gasteiger partial charge in [0.1, 0.15) is 6.04 Å². The fourth-order valence-electron chi connectivity index (χ4n) is 2.80. The number of anilines is 1. The van der Waals surface area contributed by atoms with Crippen LogP contribution in [-0.4, -0.2) is 24.4 Å². The van der Waals surface area contributed by atoms with Crippen molar-refractivity contribution in [3.05, 3.63) is 29.3 Å². The number of nitrogens with zero attached hydrogens (tertiary/aromatic N) is 1. The van der Waals surface area contributed by atoms with Gasteiger partial charge in [-0.1, -0.05) is 12.1 Å². The van der Waals surface area contributed by atoms with Crippen LogP contribution in [0.3, 0.4) is 0 Å². The van der Waals surface area contributed by atoms with Crippen LogP contribution in [0, 0.1) is 19.8 Å². The Hall–Kier alpha value is -1.84. The second-order valence-electron chi connectivity index (χ2n) is 5.91. The Morgan fingerprint density at radius 2 is 1.95 bits per heavy atom. The van der Waals surface area contributed by atoms with E-state index in [1.807, 2.05) is 32.0 Å². The molecule has 1 aliphatic heterocycles. The summed E-state index contributed by atoms with van der Waals surface area (Å²) in [4.78, 5) is 26.4. The average Bonchev–Trinajstić information content (AvgIpc) is 3.23. The first-order valence-electron chi connectivity index (χ1n) is 7.24. The number of benzene rings is 1. The van der Waals surface area contributed by atoms with Crippen LogP contribution >= 0.6 is 0 Å². The zero-order valence-corrected chi connectivity index (χ0v) is 12.0. The highest BCUT2D eigenvalue weighted by Gasteiger charge is 2.41.